The summed E-state index contributed by atoms with van der Waals surface area (Å²) in [6.45, 7) is 3.93. The fourth-order valence-electron chi connectivity index (χ4n) is 4.17. The molecule has 1 aliphatic rings. The fourth-order valence-corrected chi connectivity index (χ4v) is 4.42. The first-order valence-corrected chi connectivity index (χ1v) is 10.6. The topological polar surface area (TPSA) is 43.8 Å². The predicted octanol–water partition coefficient (Wildman–Crippen LogP) is 6.37. The summed E-state index contributed by atoms with van der Waals surface area (Å²) >= 11 is 12.1. The Hall–Kier alpha value is -2.53. The third kappa shape index (κ3) is 3.35. The van der Waals surface area contributed by atoms with E-state index in [1.165, 1.54) is 4.90 Å². The maximum Gasteiger partial charge on any atom is 0.332 e. The molecule has 1 fully saturated rings. The van der Waals surface area contributed by atoms with Crippen molar-refractivity contribution in [1.29, 1.82) is 0 Å². The van der Waals surface area contributed by atoms with Gasteiger partial charge in [-0.05, 0) is 61.9 Å². The van der Waals surface area contributed by atoms with E-state index in [4.69, 9.17) is 23.2 Å². The first-order chi connectivity index (χ1) is 14.4. The van der Waals surface area contributed by atoms with Crippen molar-refractivity contribution in [2.75, 3.05) is 9.80 Å². The van der Waals surface area contributed by atoms with Crippen LogP contribution in [0.1, 0.15) is 24.5 Å². The number of anilines is 2. The van der Waals surface area contributed by atoms with Crippen molar-refractivity contribution in [3.8, 4) is 0 Å². The van der Waals surface area contributed by atoms with Gasteiger partial charge in [-0.25, -0.2) is 4.79 Å². The van der Waals surface area contributed by atoms with Crippen LogP contribution in [0.4, 0.5) is 16.2 Å². The van der Waals surface area contributed by atoms with Crippen molar-refractivity contribution < 1.29 is 9.90 Å². The molecule has 1 saturated heterocycles. The Morgan fingerprint density at radius 1 is 0.933 bits per heavy atom. The highest BCUT2D eigenvalue weighted by atomic mass is 35.5. The molecule has 1 unspecified atom stereocenters. The molecule has 3 aromatic carbocycles. The number of aliphatic hydroxyl groups is 1. The average molecular weight is 441 g/mol. The van der Waals surface area contributed by atoms with Gasteiger partial charge in [0.25, 0.3) is 0 Å². The summed E-state index contributed by atoms with van der Waals surface area (Å²) in [6, 6.07) is 20.8. The van der Waals surface area contributed by atoms with Crippen LogP contribution in [0.5, 0.6) is 0 Å². The highest BCUT2D eigenvalue weighted by Gasteiger charge is 2.57. The van der Waals surface area contributed by atoms with E-state index in [9.17, 15) is 9.90 Å². The summed E-state index contributed by atoms with van der Waals surface area (Å²) in [7, 11) is 0. The quantitative estimate of drug-likeness (QED) is 0.511. The number of aryl methyl sites for hydroxylation is 1. The first kappa shape index (κ1) is 20.7. The Balaban J connectivity index is 1.94. The van der Waals surface area contributed by atoms with E-state index < -0.39 is 11.8 Å². The zero-order chi connectivity index (χ0) is 21.5. The Kier molecular flexibility index (Phi) is 5.49. The van der Waals surface area contributed by atoms with Crippen molar-refractivity contribution in [2.45, 2.75) is 32.0 Å². The van der Waals surface area contributed by atoms with Crippen molar-refractivity contribution >= 4 is 40.6 Å². The molecule has 0 saturated carbocycles. The largest absolute Gasteiger partial charge is 0.365 e. The number of carbonyl (C=O) groups is 1. The molecule has 4 nitrogen and oxygen atoms in total. The van der Waals surface area contributed by atoms with Crippen molar-refractivity contribution in [1.82, 2.24) is 0 Å². The van der Waals surface area contributed by atoms with E-state index in [-0.39, 0.29) is 6.03 Å². The number of carbonyl (C=O) groups excluding carboxylic acids is 1. The smallest absolute Gasteiger partial charge is 0.332 e. The Bertz CT molecular complexity index is 1070. The van der Waals surface area contributed by atoms with Crippen LogP contribution in [0.2, 0.25) is 10.0 Å². The fraction of sp³-hybridized carbons (Fsp3) is 0.208. The molecule has 2 atom stereocenters. The van der Waals surface area contributed by atoms with Gasteiger partial charge >= 0.3 is 6.03 Å². The van der Waals surface area contributed by atoms with Gasteiger partial charge in [-0.15, -0.1) is 0 Å². The Morgan fingerprint density at radius 3 is 2.03 bits per heavy atom. The minimum atomic E-state index is -1.56. The molecular weight excluding hydrogens is 419 g/mol. The molecular formula is C24H22Cl2N2O2. The minimum Gasteiger partial charge on any atom is -0.365 e. The van der Waals surface area contributed by atoms with Crippen LogP contribution in [0.25, 0.3) is 0 Å². The van der Waals surface area contributed by atoms with Crippen molar-refractivity contribution in [2.24, 2.45) is 0 Å². The molecule has 30 heavy (non-hydrogen) atoms. The van der Waals surface area contributed by atoms with Crippen LogP contribution in [0.15, 0.2) is 72.8 Å². The highest BCUT2D eigenvalue weighted by molar-refractivity contribution is 6.31. The highest BCUT2D eigenvalue weighted by Crippen LogP contribution is 2.46. The van der Waals surface area contributed by atoms with E-state index in [0.717, 1.165) is 5.56 Å². The van der Waals surface area contributed by atoms with E-state index >= 15 is 0 Å². The van der Waals surface area contributed by atoms with Gasteiger partial charge in [0, 0.05) is 27.0 Å². The number of amides is 2. The number of nitrogens with zero attached hydrogens (tertiary/aromatic N) is 2. The van der Waals surface area contributed by atoms with E-state index in [2.05, 4.69) is 0 Å². The molecule has 4 rings (SSSR count). The van der Waals surface area contributed by atoms with E-state index in [1.807, 2.05) is 38.1 Å². The molecule has 1 aliphatic heterocycles. The molecule has 0 aliphatic carbocycles. The molecule has 0 aromatic heterocycles. The zero-order valence-electron chi connectivity index (χ0n) is 16.7. The van der Waals surface area contributed by atoms with Gasteiger partial charge in [-0.2, -0.15) is 0 Å². The molecule has 3 aromatic rings. The number of halogens is 2. The number of urea groups is 1. The average Bonchev–Trinajstić information content (AvgIpc) is 2.97. The third-order valence-corrected chi connectivity index (χ3v) is 6.04. The lowest BCUT2D eigenvalue weighted by atomic mass is 9.91. The number of hydrogen-bond donors (Lipinski definition) is 1. The molecule has 0 bridgehead atoms. The van der Waals surface area contributed by atoms with Crippen molar-refractivity contribution in [3.63, 3.8) is 0 Å². The molecule has 154 valence electrons. The van der Waals surface area contributed by atoms with E-state index in [0.29, 0.717) is 33.4 Å². The first-order valence-electron chi connectivity index (χ1n) is 9.80. The number of benzene rings is 3. The minimum absolute atomic E-state index is 0.310. The standard InChI is InChI=1S/C24H22Cl2N2O2/c1-3-22-24(30,17-6-4-5-16(2)15-17)28(21-13-9-19(26)10-14-21)23(29)27(22)20-11-7-18(25)8-12-20/h4-15,22,30H,3H2,1-2H3/t22-,24?/m0/s1. The molecule has 1 heterocycles. The third-order valence-electron chi connectivity index (χ3n) is 5.53. The van der Waals surface area contributed by atoms with Gasteiger partial charge in [-0.3, -0.25) is 9.80 Å². The number of hydrogen-bond acceptors (Lipinski definition) is 2. The van der Waals surface area contributed by atoms with Crippen LogP contribution in [-0.4, -0.2) is 17.2 Å². The molecule has 0 spiro atoms. The van der Waals surface area contributed by atoms with Crippen molar-refractivity contribution in [3.05, 3.63) is 94.0 Å². The van der Waals surface area contributed by atoms with Gasteiger partial charge in [0.2, 0.25) is 0 Å². The normalized spacial score (nSPS) is 21.4. The summed E-state index contributed by atoms with van der Waals surface area (Å²) in [4.78, 5) is 16.9. The van der Waals surface area contributed by atoms with Crippen LogP contribution in [0, 0.1) is 6.92 Å². The maximum absolute atomic E-state index is 13.7. The summed E-state index contributed by atoms with van der Waals surface area (Å²) < 4.78 is 0. The van der Waals surface area contributed by atoms with Crippen LogP contribution in [0.3, 0.4) is 0 Å². The van der Waals surface area contributed by atoms with Gasteiger partial charge < -0.3 is 5.11 Å². The summed E-state index contributed by atoms with van der Waals surface area (Å²) in [5.41, 5.74) is 1.35. The second-order valence-electron chi connectivity index (χ2n) is 7.46. The SMILES string of the molecule is CC[C@@H]1N(c2ccc(Cl)cc2)C(=O)N(c2ccc(Cl)cc2)C1(O)c1cccc(C)c1. The van der Waals surface area contributed by atoms with Gasteiger partial charge in [0.05, 0.1) is 6.04 Å². The second kappa shape index (κ2) is 7.95. The van der Waals surface area contributed by atoms with Gasteiger partial charge in [-0.1, -0.05) is 60.0 Å². The lowest BCUT2D eigenvalue weighted by Crippen LogP contribution is -2.49. The molecule has 1 N–H and O–H groups in total. The second-order valence-corrected chi connectivity index (χ2v) is 8.33. The maximum atomic E-state index is 13.7. The van der Waals surface area contributed by atoms with Gasteiger partial charge in [0.1, 0.15) is 0 Å². The monoisotopic (exact) mass is 440 g/mol. The lowest BCUT2D eigenvalue weighted by Gasteiger charge is -2.37. The Morgan fingerprint density at radius 2 is 1.50 bits per heavy atom. The van der Waals surface area contributed by atoms with Gasteiger partial charge in [0.15, 0.2) is 5.72 Å². The van der Waals surface area contributed by atoms with Crippen LogP contribution < -0.4 is 9.80 Å². The molecule has 6 heteroatoms. The lowest BCUT2D eigenvalue weighted by molar-refractivity contribution is 0.0306. The summed E-state index contributed by atoms with van der Waals surface area (Å²) in [5.74, 6) is 0. The summed E-state index contributed by atoms with van der Waals surface area (Å²) in [5, 5.41) is 13.3. The van der Waals surface area contributed by atoms with Crippen LogP contribution >= 0.6 is 23.2 Å². The van der Waals surface area contributed by atoms with Crippen LogP contribution in [-0.2, 0) is 5.72 Å². The molecule has 0 radical (unpaired) electrons. The predicted molar refractivity (Wildman–Crippen MR) is 122 cm³/mol. The van der Waals surface area contributed by atoms with E-state index in [1.54, 1.807) is 53.4 Å². The Labute approximate surface area is 186 Å². The number of rotatable bonds is 4. The molecule has 2 amide bonds. The zero-order valence-corrected chi connectivity index (χ0v) is 18.2. The summed E-state index contributed by atoms with van der Waals surface area (Å²) in [6.07, 6.45) is 0.545.